The number of hydrogen-bond donors (Lipinski definition) is 0. The molecule has 1 saturated carbocycles. The molecule has 1 aromatic rings. The normalized spacial score (nSPS) is 19.0. The monoisotopic (exact) mass is 372 g/mol. The summed E-state index contributed by atoms with van der Waals surface area (Å²) in [7, 11) is 0. The predicted molar refractivity (Wildman–Crippen MR) is 94.3 cm³/mol. The predicted octanol–water partition coefficient (Wildman–Crippen LogP) is 6.73. The topological polar surface area (TPSA) is 9.23 Å². The van der Waals surface area contributed by atoms with Crippen LogP contribution in [0.25, 0.3) is 0 Å². The third-order valence-corrected chi connectivity index (χ3v) is 5.69. The maximum atomic E-state index is 7.03. The Hall–Kier alpha value is -0.210. The Bertz CT molecular complexity index is 466. The molecule has 0 bridgehead atoms. The standard InChI is InChI=1S/C18H26BrClO/c1-4-21-16-8-7-14(19)11-15(16)17(20)18(12-13(2)3)9-5-6-10-18/h7-8,11,13,17H,4-6,9-10,12H2,1-3H3. The molecule has 2 rings (SSSR count). The van der Waals surface area contributed by atoms with E-state index in [2.05, 4.69) is 35.8 Å². The average molecular weight is 374 g/mol. The van der Waals surface area contributed by atoms with E-state index in [-0.39, 0.29) is 10.8 Å². The van der Waals surface area contributed by atoms with E-state index >= 15 is 0 Å². The van der Waals surface area contributed by atoms with Crippen LogP contribution in [-0.2, 0) is 0 Å². The van der Waals surface area contributed by atoms with Gasteiger partial charge in [-0.2, -0.15) is 0 Å². The SMILES string of the molecule is CCOc1ccc(Br)cc1C(Cl)C1(CC(C)C)CCCC1. The molecule has 3 heteroatoms. The summed E-state index contributed by atoms with van der Waals surface area (Å²) in [6.45, 7) is 7.30. The van der Waals surface area contributed by atoms with Gasteiger partial charge in [0.05, 0.1) is 12.0 Å². The Kier molecular flexibility index (Phi) is 6.02. The molecule has 0 aromatic heterocycles. The summed E-state index contributed by atoms with van der Waals surface area (Å²) >= 11 is 10.6. The third-order valence-electron chi connectivity index (χ3n) is 4.50. The van der Waals surface area contributed by atoms with Gasteiger partial charge in [-0.3, -0.25) is 0 Å². The second-order valence-electron chi connectivity index (χ2n) is 6.65. The molecule has 0 aliphatic heterocycles. The van der Waals surface area contributed by atoms with Crippen molar-refractivity contribution in [2.24, 2.45) is 11.3 Å². The molecular weight excluding hydrogens is 348 g/mol. The van der Waals surface area contributed by atoms with Crippen LogP contribution in [0.15, 0.2) is 22.7 Å². The Morgan fingerprint density at radius 1 is 1.29 bits per heavy atom. The minimum Gasteiger partial charge on any atom is -0.494 e. The van der Waals surface area contributed by atoms with Crippen molar-refractivity contribution in [1.82, 2.24) is 0 Å². The van der Waals surface area contributed by atoms with Gasteiger partial charge < -0.3 is 4.74 Å². The minimum absolute atomic E-state index is 0.0291. The summed E-state index contributed by atoms with van der Waals surface area (Å²) in [5.74, 6) is 1.61. The Morgan fingerprint density at radius 2 is 1.95 bits per heavy atom. The highest BCUT2D eigenvalue weighted by Gasteiger charge is 2.42. The number of halogens is 2. The van der Waals surface area contributed by atoms with Crippen molar-refractivity contribution >= 4 is 27.5 Å². The molecule has 1 unspecified atom stereocenters. The van der Waals surface area contributed by atoms with Crippen LogP contribution in [0.1, 0.15) is 63.8 Å². The van der Waals surface area contributed by atoms with Crippen molar-refractivity contribution < 1.29 is 4.74 Å². The summed E-state index contributed by atoms with van der Waals surface area (Å²) < 4.78 is 6.89. The van der Waals surface area contributed by atoms with E-state index in [1.54, 1.807) is 0 Å². The molecule has 0 radical (unpaired) electrons. The van der Waals surface area contributed by atoms with E-state index in [1.807, 2.05) is 19.1 Å². The Morgan fingerprint density at radius 3 is 2.52 bits per heavy atom. The van der Waals surface area contributed by atoms with E-state index in [1.165, 1.54) is 32.1 Å². The summed E-state index contributed by atoms with van der Waals surface area (Å²) in [6.07, 6.45) is 6.26. The van der Waals surface area contributed by atoms with Crippen molar-refractivity contribution in [3.05, 3.63) is 28.2 Å². The first-order chi connectivity index (χ1) is 9.98. The smallest absolute Gasteiger partial charge is 0.124 e. The third kappa shape index (κ3) is 3.96. The summed E-state index contributed by atoms with van der Waals surface area (Å²) in [6, 6.07) is 6.21. The van der Waals surface area contributed by atoms with E-state index in [0.29, 0.717) is 12.5 Å². The first kappa shape index (κ1) is 17.1. The maximum absolute atomic E-state index is 7.03. The van der Waals surface area contributed by atoms with Gasteiger partial charge in [-0.25, -0.2) is 0 Å². The van der Waals surface area contributed by atoms with Gasteiger partial charge in [0.15, 0.2) is 0 Å². The van der Waals surface area contributed by atoms with Gasteiger partial charge in [-0.05, 0) is 55.7 Å². The first-order valence-corrected chi connectivity index (χ1v) is 9.28. The molecule has 0 heterocycles. The largest absolute Gasteiger partial charge is 0.494 e. The highest BCUT2D eigenvalue weighted by atomic mass is 79.9. The van der Waals surface area contributed by atoms with Crippen molar-refractivity contribution in [3.63, 3.8) is 0 Å². The van der Waals surface area contributed by atoms with Crippen LogP contribution < -0.4 is 4.74 Å². The Labute approximate surface area is 142 Å². The second kappa shape index (κ2) is 7.37. The van der Waals surface area contributed by atoms with Crippen LogP contribution in [0.3, 0.4) is 0 Å². The van der Waals surface area contributed by atoms with Crippen molar-refractivity contribution in [1.29, 1.82) is 0 Å². The van der Waals surface area contributed by atoms with E-state index in [9.17, 15) is 0 Å². The number of benzene rings is 1. The molecule has 1 nitrogen and oxygen atoms in total. The molecule has 1 aliphatic rings. The maximum Gasteiger partial charge on any atom is 0.124 e. The lowest BCUT2D eigenvalue weighted by molar-refractivity contribution is 0.219. The number of rotatable bonds is 6. The van der Waals surface area contributed by atoms with Gasteiger partial charge in [-0.15, -0.1) is 11.6 Å². The molecule has 21 heavy (non-hydrogen) atoms. The summed E-state index contributed by atoms with van der Waals surface area (Å²) in [5, 5.41) is 0.0291. The van der Waals surface area contributed by atoms with Crippen LogP contribution >= 0.6 is 27.5 Å². The van der Waals surface area contributed by atoms with Crippen LogP contribution in [0, 0.1) is 11.3 Å². The highest BCUT2D eigenvalue weighted by Crippen LogP contribution is 2.56. The fraction of sp³-hybridized carbons (Fsp3) is 0.667. The van der Waals surface area contributed by atoms with Crippen LogP contribution in [0.5, 0.6) is 5.75 Å². The number of alkyl halides is 1. The zero-order valence-corrected chi connectivity index (χ0v) is 15.6. The quantitative estimate of drug-likeness (QED) is 0.502. The zero-order chi connectivity index (χ0) is 15.5. The lowest BCUT2D eigenvalue weighted by Gasteiger charge is -2.36. The van der Waals surface area contributed by atoms with Gasteiger partial charge in [0.2, 0.25) is 0 Å². The number of ether oxygens (including phenoxy) is 1. The molecule has 0 amide bonds. The van der Waals surface area contributed by atoms with Crippen molar-refractivity contribution in [2.45, 2.75) is 58.3 Å². The van der Waals surface area contributed by atoms with Crippen LogP contribution in [-0.4, -0.2) is 6.61 Å². The molecule has 1 aliphatic carbocycles. The van der Waals surface area contributed by atoms with Gasteiger partial charge >= 0.3 is 0 Å². The van der Waals surface area contributed by atoms with E-state index in [4.69, 9.17) is 16.3 Å². The lowest BCUT2D eigenvalue weighted by atomic mass is 9.73. The fourth-order valence-electron chi connectivity index (χ4n) is 3.79. The minimum atomic E-state index is 0.0291. The zero-order valence-electron chi connectivity index (χ0n) is 13.3. The highest BCUT2D eigenvalue weighted by molar-refractivity contribution is 9.10. The molecule has 1 fully saturated rings. The fourth-order valence-corrected chi connectivity index (χ4v) is 4.64. The van der Waals surface area contributed by atoms with Gasteiger partial charge in [0, 0.05) is 10.0 Å². The molecular formula is C18H26BrClO. The second-order valence-corrected chi connectivity index (χ2v) is 8.00. The molecule has 118 valence electrons. The van der Waals surface area contributed by atoms with E-state index in [0.717, 1.165) is 15.8 Å². The number of hydrogen-bond acceptors (Lipinski definition) is 1. The average Bonchev–Trinajstić information content (AvgIpc) is 2.89. The summed E-state index contributed by atoms with van der Waals surface area (Å²) in [4.78, 5) is 0. The van der Waals surface area contributed by atoms with E-state index < -0.39 is 0 Å². The van der Waals surface area contributed by atoms with Crippen LogP contribution in [0.4, 0.5) is 0 Å². The molecule has 1 aromatic carbocycles. The first-order valence-electron chi connectivity index (χ1n) is 8.05. The van der Waals surface area contributed by atoms with Gasteiger partial charge in [0.25, 0.3) is 0 Å². The Balaban J connectivity index is 2.36. The molecule has 0 saturated heterocycles. The molecule has 0 spiro atoms. The molecule has 1 atom stereocenters. The summed E-state index contributed by atoms with van der Waals surface area (Å²) in [5.41, 5.74) is 1.37. The van der Waals surface area contributed by atoms with Crippen LogP contribution in [0.2, 0.25) is 0 Å². The van der Waals surface area contributed by atoms with Crippen molar-refractivity contribution in [2.75, 3.05) is 6.61 Å². The van der Waals surface area contributed by atoms with Crippen molar-refractivity contribution in [3.8, 4) is 5.75 Å². The molecule has 0 N–H and O–H groups in total. The van der Waals surface area contributed by atoms with Gasteiger partial charge in [-0.1, -0.05) is 42.6 Å². The van der Waals surface area contributed by atoms with Gasteiger partial charge in [0.1, 0.15) is 5.75 Å². The lowest BCUT2D eigenvalue weighted by Crippen LogP contribution is -2.25.